The number of nitrogens with zero attached hydrogens (tertiary/aromatic N) is 1. The van der Waals surface area contributed by atoms with Crippen LogP contribution >= 0.6 is 0 Å². The molecule has 0 aromatic rings. The fourth-order valence-corrected chi connectivity index (χ4v) is 3.30. The number of methoxy groups -OCH3 is 1. The highest BCUT2D eigenvalue weighted by molar-refractivity contribution is 4.92. The number of likely N-dealkylation sites (tertiary alicyclic amines) is 1. The minimum Gasteiger partial charge on any atom is -0.378 e. The lowest BCUT2D eigenvalue weighted by Gasteiger charge is -2.42. The minimum atomic E-state index is -0.0576. The van der Waals surface area contributed by atoms with Gasteiger partial charge < -0.3 is 14.8 Å². The Morgan fingerprint density at radius 2 is 2.32 bits per heavy atom. The summed E-state index contributed by atoms with van der Waals surface area (Å²) in [5.41, 5.74) is -0.0576. The third kappa shape index (κ3) is 3.91. The van der Waals surface area contributed by atoms with Crippen molar-refractivity contribution in [3.05, 3.63) is 0 Å². The molecule has 3 atom stereocenters. The molecule has 0 aromatic heterocycles. The third-order valence-electron chi connectivity index (χ3n) is 4.69. The fraction of sp³-hybridized carbons (Fsp3) is 1.00. The van der Waals surface area contributed by atoms with Crippen LogP contribution in [0.5, 0.6) is 0 Å². The summed E-state index contributed by atoms with van der Waals surface area (Å²) < 4.78 is 11.3. The SMILES string of the molecule is CCCNC1CCN(CC2(OC)CCOC2)C(C)C1. The predicted octanol–water partition coefficient (Wildman–Crippen LogP) is 1.64. The molecule has 0 bridgehead atoms. The average molecular weight is 270 g/mol. The molecule has 4 nitrogen and oxygen atoms in total. The highest BCUT2D eigenvalue weighted by atomic mass is 16.5. The van der Waals surface area contributed by atoms with Crippen molar-refractivity contribution in [3.8, 4) is 0 Å². The van der Waals surface area contributed by atoms with E-state index in [2.05, 4.69) is 24.1 Å². The maximum Gasteiger partial charge on any atom is 0.106 e. The number of hydrogen-bond donors (Lipinski definition) is 1. The summed E-state index contributed by atoms with van der Waals surface area (Å²) >= 11 is 0. The molecule has 2 aliphatic rings. The summed E-state index contributed by atoms with van der Waals surface area (Å²) in [5, 5.41) is 3.66. The second kappa shape index (κ2) is 7.02. The second-order valence-electron chi connectivity index (χ2n) is 6.18. The van der Waals surface area contributed by atoms with Gasteiger partial charge in [-0.05, 0) is 32.7 Å². The van der Waals surface area contributed by atoms with Crippen LogP contribution in [0, 0.1) is 0 Å². The molecule has 2 heterocycles. The molecule has 112 valence electrons. The molecule has 0 radical (unpaired) electrons. The Bertz CT molecular complexity index is 267. The van der Waals surface area contributed by atoms with E-state index < -0.39 is 0 Å². The molecule has 0 spiro atoms. The van der Waals surface area contributed by atoms with E-state index in [4.69, 9.17) is 9.47 Å². The largest absolute Gasteiger partial charge is 0.378 e. The molecule has 4 heteroatoms. The van der Waals surface area contributed by atoms with Gasteiger partial charge in [-0.2, -0.15) is 0 Å². The van der Waals surface area contributed by atoms with E-state index in [1.54, 1.807) is 0 Å². The van der Waals surface area contributed by atoms with Crippen LogP contribution in [-0.2, 0) is 9.47 Å². The Morgan fingerprint density at radius 3 is 2.89 bits per heavy atom. The normalized spacial score (nSPS) is 36.8. The Kier molecular flexibility index (Phi) is 5.63. The topological polar surface area (TPSA) is 33.7 Å². The summed E-state index contributed by atoms with van der Waals surface area (Å²) in [6.07, 6.45) is 4.76. The predicted molar refractivity (Wildman–Crippen MR) is 77.5 cm³/mol. The zero-order chi connectivity index (χ0) is 13.7. The highest BCUT2D eigenvalue weighted by Crippen LogP contribution is 2.27. The van der Waals surface area contributed by atoms with Crippen LogP contribution in [0.2, 0.25) is 0 Å². The Labute approximate surface area is 117 Å². The van der Waals surface area contributed by atoms with Gasteiger partial charge in [0.1, 0.15) is 5.60 Å². The van der Waals surface area contributed by atoms with Crippen molar-refractivity contribution in [3.63, 3.8) is 0 Å². The molecule has 2 aliphatic heterocycles. The van der Waals surface area contributed by atoms with Crippen molar-refractivity contribution in [1.29, 1.82) is 0 Å². The van der Waals surface area contributed by atoms with Crippen LogP contribution in [-0.4, -0.2) is 62.5 Å². The maximum atomic E-state index is 5.76. The van der Waals surface area contributed by atoms with Gasteiger partial charge >= 0.3 is 0 Å². The van der Waals surface area contributed by atoms with E-state index in [9.17, 15) is 0 Å². The first-order valence-corrected chi connectivity index (χ1v) is 7.79. The molecule has 2 rings (SSSR count). The number of hydrogen-bond acceptors (Lipinski definition) is 4. The van der Waals surface area contributed by atoms with Crippen molar-refractivity contribution in [2.45, 2.75) is 57.2 Å². The lowest BCUT2D eigenvalue weighted by molar-refractivity contribution is -0.0536. The van der Waals surface area contributed by atoms with Crippen LogP contribution < -0.4 is 5.32 Å². The molecule has 0 aliphatic carbocycles. The van der Waals surface area contributed by atoms with Crippen molar-refractivity contribution in [2.24, 2.45) is 0 Å². The average Bonchev–Trinajstić information content (AvgIpc) is 2.88. The van der Waals surface area contributed by atoms with Gasteiger partial charge in [-0.3, -0.25) is 4.90 Å². The molecule has 1 N–H and O–H groups in total. The van der Waals surface area contributed by atoms with Gasteiger partial charge in [-0.15, -0.1) is 0 Å². The van der Waals surface area contributed by atoms with Crippen LogP contribution in [0.25, 0.3) is 0 Å². The zero-order valence-electron chi connectivity index (χ0n) is 12.8. The van der Waals surface area contributed by atoms with Gasteiger partial charge in [0.25, 0.3) is 0 Å². The third-order valence-corrected chi connectivity index (χ3v) is 4.69. The summed E-state index contributed by atoms with van der Waals surface area (Å²) in [7, 11) is 1.83. The highest BCUT2D eigenvalue weighted by Gasteiger charge is 2.39. The first kappa shape index (κ1) is 15.2. The monoisotopic (exact) mass is 270 g/mol. The first-order valence-electron chi connectivity index (χ1n) is 7.79. The molecule has 19 heavy (non-hydrogen) atoms. The fourth-order valence-electron chi connectivity index (χ4n) is 3.30. The van der Waals surface area contributed by atoms with E-state index in [1.165, 1.54) is 25.8 Å². The lowest BCUT2D eigenvalue weighted by Crippen LogP contribution is -2.53. The van der Waals surface area contributed by atoms with Gasteiger partial charge in [0.05, 0.1) is 6.61 Å². The van der Waals surface area contributed by atoms with E-state index in [-0.39, 0.29) is 5.60 Å². The van der Waals surface area contributed by atoms with Crippen LogP contribution in [0.4, 0.5) is 0 Å². The summed E-state index contributed by atoms with van der Waals surface area (Å²) in [6.45, 7) is 9.51. The maximum absolute atomic E-state index is 5.76. The smallest absolute Gasteiger partial charge is 0.106 e. The molecule has 0 saturated carbocycles. The number of rotatable bonds is 6. The Morgan fingerprint density at radius 1 is 1.47 bits per heavy atom. The molecule has 0 amide bonds. The van der Waals surface area contributed by atoms with E-state index in [1.807, 2.05) is 7.11 Å². The summed E-state index contributed by atoms with van der Waals surface area (Å²) in [6, 6.07) is 1.33. The minimum absolute atomic E-state index is 0.0576. The number of ether oxygens (including phenoxy) is 2. The van der Waals surface area contributed by atoms with Crippen molar-refractivity contribution in [1.82, 2.24) is 10.2 Å². The van der Waals surface area contributed by atoms with Crippen LogP contribution in [0.3, 0.4) is 0 Å². The molecular weight excluding hydrogens is 240 g/mol. The van der Waals surface area contributed by atoms with Gasteiger partial charge in [0, 0.05) is 45.3 Å². The van der Waals surface area contributed by atoms with Crippen molar-refractivity contribution < 1.29 is 9.47 Å². The van der Waals surface area contributed by atoms with Crippen LogP contribution in [0.1, 0.15) is 39.5 Å². The number of piperidine rings is 1. The van der Waals surface area contributed by atoms with Gasteiger partial charge in [0.15, 0.2) is 0 Å². The van der Waals surface area contributed by atoms with E-state index >= 15 is 0 Å². The molecule has 2 saturated heterocycles. The summed E-state index contributed by atoms with van der Waals surface area (Å²) in [4.78, 5) is 2.59. The van der Waals surface area contributed by atoms with Gasteiger partial charge in [-0.25, -0.2) is 0 Å². The Balaban J connectivity index is 1.82. The quantitative estimate of drug-likeness (QED) is 0.795. The molecule has 3 unspecified atom stereocenters. The molecule has 2 fully saturated rings. The van der Waals surface area contributed by atoms with E-state index in [0.717, 1.165) is 32.7 Å². The van der Waals surface area contributed by atoms with Gasteiger partial charge in [0.2, 0.25) is 0 Å². The van der Waals surface area contributed by atoms with Crippen molar-refractivity contribution in [2.75, 3.05) is 40.0 Å². The van der Waals surface area contributed by atoms with Gasteiger partial charge in [-0.1, -0.05) is 6.92 Å². The zero-order valence-corrected chi connectivity index (χ0v) is 12.8. The molecule has 0 aromatic carbocycles. The van der Waals surface area contributed by atoms with Crippen LogP contribution in [0.15, 0.2) is 0 Å². The number of nitrogens with one attached hydrogen (secondary N) is 1. The second-order valence-corrected chi connectivity index (χ2v) is 6.18. The summed E-state index contributed by atoms with van der Waals surface area (Å²) in [5.74, 6) is 0. The van der Waals surface area contributed by atoms with E-state index in [0.29, 0.717) is 12.1 Å². The van der Waals surface area contributed by atoms with Crippen molar-refractivity contribution >= 4 is 0 Å². The Hall–Kier alpha value is -0.160. The standard InChI is InChI=1S/C15H30N2O2/c1-4-7-16-14-5-8-17(13(2)10-14)11-15(18-3)6-9-19-12-15/h13-14,16H,4-12H2,1-3H3. The molecular formula is C15H30N2O2. The lowest BCUT2D eigenvalue weighted by atomic mass is 9.94. The first-order chi connectivity index (χ1) is 9.19.